The molecule has 4 heteroatoms. The molecule has 0 fully saturated rings. The van der Waals surface area contributed by atoms with Crippen molar-refractivity contribution in [3.8, 4) is 0 Å². The lowest BCUT2D eigenvalue weighted by atomic mass is 10.0. The molecule has 0 bridgehead atoms. The van der Waals surface area contributed by atoms with Gasteiger partial charge in [0.05, 0.1) is 7.11 Å². The molecule has 0 saturated carbocycles. The summed E-state index contributed by atoms with van der Waals surface area (Å²) < 4.78 is 4.51. The lowest BCUT2D eigenvalue weighted by Gasteiger charge is -2.10. The van der Waals surface area contributed by atoms with Gasteiger partial charge in [0.25, 0.3) is 0 Å². The fraction of sp³-hybridized carbons (Fsp3) is 0.167. The van der Waals surface area contributed by atoms with Crippen molar-refractivity contribution >= 4 is 16.7 Å². The van der Waals surface area contributed by atoms with Crippen LogP contribution in [-0.2, 0) is 9.53 Å². The molecule has 0 saturated heterocycles. The lowest BCUT2D eigenvalue weighted by Crippen LogP contribution is -2.13. The number of esters is 1. The highest BCUT2D eigenvalue weighted by Crippen LogP contribution is 2.24. The zero-order chi connectivity index (χ0) is 11.5. The number of ether oxygens (including phenoxy) is 1. The Hall–Kier alpha value is -1.94. The van der Waals surface area contributed by atoms with E-state index in [0.29, 0.717) is 5.56 Å². The first-order valence-corrected chi connectivity index (χ1v) is 4.82. The van der Waals surface area contributed by atoms with Crippen LogP contribution in [0.5, 0.6) is 0 Å². The van der Waals surface area contributed by atoms with Crippen molar-refractivity contribution in [2.75, 3.05) is 7.11 Å². The highest BCUT2D eigenvalue weighted by atomic mass is 16.5. The van der Waals surface area contributed by atoms with Crippen LogP contribution >= 0.6 is 0 Å². The first-order chi connectivity index (χ1) is 7.74. The molecule has 1 aromatic heterocycles. The van der Waals surface area contributed by atoms with Crippen LogP contribution in [0.2, 0.25) is 0 Å². The molecular weight excluding hydrogens is 206 g/mol. The molecule has 4 nitrogen and oxygen atoms in total. The van der Waals surface area contributed by atoms with E-state index in [1.54, 1.807) is 24.5 Å². The summed E-state index contributed by atoms with van der Waals surface area (Å²) in [6, 6.07) is 7.18. The molecule has 1 unspecified atom stereocenters. The number of aliphatic hydroxyl groups excluding tert-OH is 1. The fourth-order valence-corrected chi connectivity index (χ4v) is 1.61. The molecule has 1 atom stereocenters. The molecule has 1 N–H and O–H groups in total. The first kappa shape index (κ1) is 10.6. The topological polar surface area (TPSA) is 59.4 Å². The second-order valence-corrected chi connectivity index (χ2v) is 3.37. The summed E-state index contributed by atoms with van der Waals surface area (Å²) in [7, 11) is 1.24. The normalized spacial score (nSPS) is 12.4. The largest absolute Gasteiger partial charge is 0.467 e. The van der Waals surface area contributed by atoms with Crippen LogP contribution in [-0.4, -0.2) is 23.2 Å². The van der Waals surface area contributed by atoms with Crippen molar-refractivity contribution in [3.05, 3.63) is 42.2 Å². The molecule has 0 spiro atoms. The number of pyridine rings is 1. The minimum atomic E-state index is -1.27. The number of hydrogen-bond acceptors (Lipinski definition) is 4. The molecule has 1 heterocycles. The predicted octanol–water partition coefficient (Wildman–Crippen LogP) is 1.44. The van der Waals surface area contributed by atoms with Gasteiger partial charge in [-0.05, 0) is 11.5 Å². The molecule has 2 rings (SSSR count). The third kappa shape index (κ3) is 1.75. The van der Waals surface area contributed by atoms with Crippen molar-refractivity contribution in [2.24, 2.45) is 0 Å². The summed E-state index contributed by atoms with van der Waals surface area (Å²) in [5.41, 5.74) is 0.512. The van der Waals surface area contributed by atoms with Gasteiger partial charge in [-0.25, -0.2) is 4.79 Å². The number of rotatable bonds is 2. The van der Waals surface area contributed by atoms with E-state index in [2.05, 4.69) is 9.72 Å². The van der Waals surface area contributed by atoms with Crippen LogP contribution < -0.4 is 0 Å². The molecule has 0 aliphatic rings. The summed E-state index contributed by atoms with van der Waals surface area (Å²) in [4.78, 5) is 15.2. The molecule has 0 amide bonds. The molecular formula is C12H11NO3. The highest BCUT2D eigenvalue weighted by molar-refractivity contribution is 5.89. The number of hydrogen-bond donors (Lipinski definition) is 1. The van der Waals surface area contributed by atoms with E-state index in [0.717, 1.165) is 10.8 Å². The van der Waals surface area contributed by atoms with E-state index in [4.69, 9.17) is 0 Å². The van der Waals surface area contributed by atoms with Gasteiger partial charge < -0.3 is 9.84 Å². The van der Waals surface area contributed by atoms with Gasteiger partial charge in [-0.1, -0.05) is 18.2 Å². The van der Waals surface area contributed by atoms with Crippen LogP contribution in [0.4, 0.5) is 0 Å². The summed E-state index contributed by atoms with van der Waals surface area (Å²) in [6.45, 7) is 0. The summed E-state index contributed by atoms with van der Waals surface area (Å²) >= 11 is 0. The second-order valence-electron chi connectivity index (χ2n) is 3.37. The molecule has 1 aromatic carbocycles. The van der Waals surface area contributed by atoms with Gasteiger partial charge in [-0.15, -0.1) is 0 Å². The molecule has 2 aromatic rings. The van der Waals surface area contributed by atoms with E-state index in [1.165, 1.54) is 7.11 Å². The van der Waals surface area contributed by atoms with E-state index in [9.17, 15) is 9.90 Å². The van der Waals surface area contributed by atoms with Crippen LogP contribution in [0.15, 0.2) is 36.7 Å². The number of nitrogens with zero attached hydrogens (tertiary/aromatic N) is 1. The third-order valence-corrected chi connectivity index (χ3v) is 2.44. The van der Waals surface area contributed by atoms with Crippen molar-refractivity contribution in [3.63, 3.8) is 0 Å². The maximum Gasteiger partial charge on any atom is 0.339 e. The number of carbonyl (C=O) groups is 1. The smallest absolute Gasteiger partial charge is 0.339 e. The number of fused-ring (bicyclic) bond motifs is 1. The quantitative estimate of drug-likeness (QED) is 0.773. The molecule has 0 radical (unpaired) electrons. The van der Waals surface area contributed by atoms with E-state index in [-0.39, 0.29) is 0 Å². The second kappa shape index (κ2) is 4.28. The van der Waals surface area contributed by atoms with E-state index >= 15 is 0 Å². The van der Waals surface area contributed by atoms with Crippen LogP contribution in [0.1, 0.15) is 11.7 Å². The number of benzene rings is 1. The summed E-state index contributed by atoms with van der Waals surface area (Å²) in [5.74, 6) is -0.670. The number of methoxy groups -OCH3 is 1. The number of carbonyl (C=O) groups excluding carboxylic acids is 1. The Morgan fingerprint density at radius 2 is 2.25 bits per heavy atom. The minimum absolute atomic E-state index is 0.512. The SMILES string of the molecule is COC(=O)C(O)c1cccc2ccncc12. The Morgan fingerprint density at radius 1 is 1.44 bits per heavy atom. The average Bonchev–Trinajstić information content (AvgIpc) is 2.36. The number of aromatic nitrogens is 1. The highest BCUT2D eigenvalue weighted by Gasteiger charge is 2.19. The standard InChI is InChI=1S/C12H11NO3/c1-16-12(15)11(14)9-4-2-3-8-5-6-13-7-10(8)9/h2-7,11,14H,1H3. The maximum absolute atomic E-state index is 11.3. The summed E-state index contributed by atoms with van der Waals surface area (Å²) in [6.07, 6.45) is 2.02. The fourth-order valence-electron chi connectivity index (χ4n) is 1.61. The average molecular weight is 217 g/mol. The Labute approximate surface area is 92.5 Å². The van der Waals surface area contributed by atoms with Gasteiger partial charge in [-0.2, -0.15) is 0 Å². The Balaban J connectivity index is 2.56. The van der Waals surface area contributed by atoms with Crippen molar-refractivity contribution < 1.29 is 14.6 Å². The van der Waals surface area contributed by atoms with Crippen molar-refractivity contribution in [1.82, 2.24) is 4.98 Å². The first-order valence-electron chi connectivity index (χ1n) is 4.82. The molecule has 16 heavy (non-hydrogen) atoms. The third-order valence-electron chi connectivity index (χ3n) is 2.44. The van der Waals surface area contributed by atoms with Gasteiger partial charge in [0.1, 0.15) is 0 Å². The zero-order valence-corrected chi connectivity index (χ0v) is 8.75. The zero-order valence-electron chi connectivity index (χ0n) is 8.75. The van der Waals surface area contributed by atoms with Crippen LogP contribution in [0, 0.1) is 0 Å². The van der Waals surface area contributed by atoms with Gasteiger partial charge in [0.15, 0.2) is 6.10 Å². The van der Waals surface area contributed by atoms with E-state index < -0.39 is 12.1 Å². The Kier molecular flexibility index (Phi) is 2.83. The van der Waals surface area contributed by atoms with Crippen LogP contribution in [0.25, 0.3) is 10.8 Å². The van der Waals surface area contributed by atoms with Crippen molar-refractivity contribution in [2.45, 2.75) is 6.10 Å². The summed E-state index contributed by atoms with van der Waals surface area (Å²) in [5, 5.41) is 11.5. The van der Waals surface area contributed by atoms with Crippen molar-refractivity contribution in [1.29, 1.82) is 0 Å². The molecule has 0 aliphatic carbocycles. The maximum atomic E-state index is 11.3. The lowest BCUT2D eigenvalue weighted by molar-refractivity contribution is -0.150. The predicted molar refractivity (Wildman–Crippen MR) is 58.7 cm³/mol. The number of aliphatic hydroxyl groups is 1. The van der Waals surface area contributed by atoms with E-state index in [1.807, 2.05) is 12.1 Å². The van der Waals surface area contributed by atoms with Gasteiger partial charge >= 0.3 is 5.97 Å². The monoisotopic (exact) mass is 217 g/mol. The molecule has 0 aliphatic heterocycles. The van der Waals surface area contributed by atoms with Crippen LogP contribution in [0.3, 0.4) is 0 Å². The van der Waals surface area contributed by atoms with Gasteiger partial charge in [-0.3, -0.25) is 4.98 Å². The van der Waals surface area contributed by atoms with Gasteiger partial charge in [0.2, 0.25) is 0 Å². The van der Waals surface area contributed by atoms with Gasteiger partial charge in [0, 0.05) is 23.3 Å². The Bertz CT molecular complexity index is 519. The molecule has 82 valence electrons. The Morgan fingerprint density at radius 3 is 3.00 bits per heavy atom. The minimum Gasteiger partial charge on any atom is -0.467 e.